The molecule has 0 unspecified atom stereocenters. The molecule has 2 aromatic carbocycles. The van der Waals surface area contributed by atoms with Gasteiger partial charge in [-0.1, -0.05) is 12.1 Å². The normalized spacial score (nSPS) is 14.7. The van der Waals surface area contributed by atoms with Gasteiger partial charge in [0, 0.05) is 45.3 Å². The number of amides is 1. The SMILES string of the molecule is O=C(NCCN1CCN(c2ccc([N+](=O)[O-])cc2F)CC1)c1ccccc1F. The van der Waals surface area contributed by atoms with Crippen molar-refractivity contribution in [2.75, 3.05) is 44.2 Å². The predicted octanol–water partition coefficient (Wildman–Crippen LogP) is 2.43. The highest BCUT2D eigenvalue weighted by Gasteiger charge is 2.21. The average Bonchev–Trinajstić information content (AvgIpc) is 2.69. The van der Waals surface area contributed by atoms with E-state index >= 15 is 0 Å². The molecule has 0 spiro atoms. The van der Waals surface area contributed by atoms with Crippen molar-refractivity contribution in [2.24, 2.45) is 0 Å². The van der Waals surface area contributed by atoms with Gasteiger partial charge in [-0.05, 0) is 18.2 Å². The van der Waals surface area contributed by atoms with Gasteiger partial charge in [0.2, 0.25) is 0 Å². The number of carbonyl (C=O) groups excluding carboxylic acids is 1. The number of non-ortho nitro benzene ring substituents is 1. The van der Waals surface area contributed by atoms with Crippen molar-refractivity contribution in [1.29, 1.82) is 0 Å². The summed E-state index contributed by atoms with van der Waals surface area (Å²) in [5.74, 6) is -1.62. The summed E-state index contributed by atoms with van der Waals surface area (Å²) in [5, 5.41) is 13.4. The summed E-state index contributed by atoms with van der Waals surface area (Å²) in [6, 6.07) is 9.46. The minimum Gasteiger partial charge on any atom is -0.367 e. The van der Waals surface area contributed by atoms with Gasteiger partial charge in [-0.15, -0.1) is 0 Å². The van der Waals surface area contributed by atoms with Crippen LogP contribution >= 0.6 is 0 Å². The summed E-state index contributed by atoms with van der Waals surface area (Å²) in [6.07, 6.45) is 0. The molecule has 3 rings (SSSR count). The number of rotatable bonds is 6. The fraction of sp³-hybridized carbons (Fsp3) is 0.316. The molecule has 1 fully saturated rings. The molecule has 1 aliphatic heterocycles. The van der Waals surface area contributed by atoms with Crippen LogP contribution in [0.1, 0.15) is 10.4 Å². The monoisotopic (exact) mass is 390 g/mol. The number of anilines is 1. The first-order valence-corrected chi connectivity index (χ1v) is 8.89. The van der Waals surface area contributed by atoms with Crippen LogP contribution in [0.5, 0.6) is 0 Å². The smallest absolute Gasteiger partial charge is 0.272 e. The number of nitrogens with zero attached hydrogens (tertiary/aromatic N) is 3. The topological polar surface area (TPSA) is 78.7 Å². The molecule has 0 aliphatic carbocycles. The van der Waals surface area contributed by atoms with Gasteiger partial charge < -0.3 is 10.2 Å². The second-order valence-electron chi connectivity index (χ2n) is 6.46. The quantitative estimate of drug-likeness (QED) is 0.605. The number of hydrogen-bond acceptors (Lipinski definition) is 5. The van der Waals surface area contributed by atoms with Crippen molar-refractivity contribution in [1.82, 2.24) is 10.2 Å². The molecule has 1 aliphatic rings. The molecule has 7 nitrogen and oxygen atoms in total. The zero-order chi connectivity index (χ0) is 20.1. The Morgan fingerprint density at radius 3 is 2.43 bits per heavy atom. The Morgan fingerprint density at radius 2 is 1.79 bits per heavy atom. The summed E-state index contributed by atoms with van der Waals surface area (Å²) in [4.78, 5) is 26.0. The van der Waals surface area contributed by atoms with Crippen LogP contribution in [0.4, 0.5) is 20.2 Å². The Hall–Kier alpha value is -3.07. The van der Waals surface area contributed by atoms with E-state index < -0.39 is 22.5 Å². The minimum absolute atomic E-state index is 0.0148. The van der Waals surface area contributed by atoms with Crippen molar-refractivity contribution in [2.45, 2.75) is 0 Å². The highest BCUT2D eigenvalue weighted by atomic mass is 19.1. The lowest BCUT2D eigenvalue weighted by Gasteiger charge is -2.36. The molecule has 1 heterocycles. The number of nitro benzene ring substituents is 1. The van der Waals surface area contributed by atoms with E-state index in [-0.39, 0.29) is 11.3 Å². The molecular formula is C19H20F2N4O3. The Morgan fingerprint density at radius 1 is 1.07 bits per heavy atom. The molecule has 0 radical (unpaired) electrons. The number of nitro groups is 1. The van der Waals surface area contributed by atoms with Crippen LogP contribution in [-0.2, 0) is 0 Å². The number of piperazine rings is 1. The Labute approximate surface area is 160 Å². The minimum atomic E-state index is -0.625. The van der Waals surface area contributed by atoms with Crippen LogP contribution in [0.3, 0.4) is 0 Å². The fourth-order valence-electron chi connectivity index (χ4n) is 3.15. The first-order valence-electron chi connectivity index (χ1n) is 8.89. The van der Waals surface area contributed by atoms with Gasteiger partial charge in [-0.25, -0.2) is 8.78 Å². The molecule has 148 valence electrons. The van der Waals surface area contributed by atoms with Gasteiger partial charge in [0.15, 0.2) is 5.82 Å². The van der Waals surface area contributed by atoms with E-state index in [1.807, 2.05) is 4.90 Å². The lowest BCUT2D eigenvalue weighted by Crippen LogP contribution is -2.48. The van der Waals surface area contributed by atoms with Gasteiger partial charge in [0.25, 0.3) is 11.6 Å². The van der Waals surface area contributed by atoms with E-state index in [1.54, 1.807) is 6.07 Å². The van der Waals surface area contributed by atoms with Gasteiger partial charge >= 0.3 is 0 Å². The largest absolute Gasteiger partial charge is 0.367 e. The molecule has 9 heteroatoms. The van der Waals surface area contributed by atoms with Crippen LogP contribution in [0, 0.1) is 21.7 Å². The van der Waals surface area contributed by atoms with Crippen molar-refractivity contribution < 1.29 is 18.5 Å². The maximum atomic E-state index is 14.1. The van der Waals surface area contributed by atoms with Gasteiger partial charge in [0.05, 0.1) is 22.2 Å². The molecule has 2 aromatic rings. The molecule has 0 aromatic heterocycles. The number of hydrogen-bond donors (Lipinski definition) is 1. The van der Waals surface area contributed by atoms with Gasteiger partial charge in [0.1, 0.15) is 5.82 Å². The van der Waals surface area contributed by atoms with Gasteiger partial charge in [-0.3, -0.25) is 19.8 Å². The second kappa shape index (κ2) is 8.75. The van der Waals surface area contributed by atoms with E-state index in [4.69, 9.17) is 0 Å². The molecular weight excluding hydrogens is 370 g/mol. The summed E-state index contributed by atoms with van der Waals surface area (Å²) >= 11 is 0. The van der Waals surface area contributed by atoms with Gasteiger partial charge in [-0.2, -0.15) is 0 Å². The molecule has 0 bridgehead atoms. The molecule has 0 atom stereocenters. The van der Waals surface area contributed by atoms with Crippen LogP contribution in [-0.4, -0.2) is 55.0 Å². The zero-order valence-electron chi connectivity index (χ0n) is 15.1. The van der Waals surface area contributed by atoms with E-state index in [1.165, 1.54) is 30.3 Å². The van der Waals surface area contributed by atoms with Crippen LogP contribution in [0.15, 0.2) is 42.5 Å². The van der Waals surface area contributed by atoms with E-state index in [2.05, 4.69) is 10.2 Å². The molecule has 28 heavy (non-hydrogen) atoms. The first kappa shape index (κ1) is 19.7. The first-order chi connectivity index (χ1) is 13.5. The van der Waals surface area contributed by atoms with Crippen LogP contribution in [0.2, 0.25) is 0 Å². The number of benzene rings is 2. The van der Waals surface area contributed by atoms with Crippen LogP contribution < -0.4 is 10.2 Å². The van der Waals surface area contributed by atoms with Crippen LogP contribution in [0.25, 0.3) is 0 Å². The van der Waals surface area contributed by atoms with E-state index in [0.29, 0.717) is 45.0 Å². The van der Waals surface area contributed by atoms with E-state index in [0.717, 1.165) is 6.07 Å². The summed E-state index contributed by atoms with van der Waals surface area (Å²) < 4.78 is 27.7. The van der Waals surface area contributed by atoms with Crippen molar-refractivity contribution >= 4 is 17.3 Å². The summed E-state index contributed by atoms with van der Waals surface area (Å²) in [6.45, 7) is 3.42. The van der Waals surface area contributed by atoms with Crippen molar-refractivity contribution in [3.05, 3.63) is 69.8 Å². The zero-order valence-corrected chi connectivity index (χ0v) is 15.1. The second-order valence-corrected chi connectivity index (χ2v) is 6.46. The predicted molar refractivity (Wildman–Crippen MR) is 100 cm³/mol. The fourth-order valence-corrected chi connectivity index (χ4v) is 3.15. The summed E-state index contributed by atoms with van der Waals surface area (Å²) in [5.41, 5.74) is 0.0875. The third kappa shape index (κ3) is 4.61. The standard InChI is InChI=1S/C19H20F2N4O3/c20-16-4-2-1-3-15(16)19(26)22-7-8-23-9-11-24(12-10-23)18-6-5-14(25(27)28)13-17(18)21/h1-6,13H,7-12H2,(H,22,26). The van der Waals surface area contributed by atoms with E-state index in [9.17, 15) is 23.7 Å². The van der Waals surface area contributed by atoms with Crippen molar-refractivity contribution in [3.8, 4) is 0 Å². The maximum Gasteiger partial charge on any atom is 0.272 e. The Balaban J connectivity index is 1.46. The number of halogens is 2. The molecule has 1 saturated heterocycles. The Bertz CT molecular complexity index is 870. The number of carbonyl (C=O) groups is 1. The lowest BCUT2D eigenvalue weighted by atomic mass is 10.2. The lowest BCUT2D eigenvalue weighted by molar-refractivity contribution is -0.385. The highest BCUT2D eigenvalue weighted by molar-refractivity contribution is 5.94. The molecule has 1 N–H and O–H groups in total. The third-order valence-corrected chi connectivity index (χ3v) is 4.69. The summed E-state index contributed by atoms with van der Waals surface area (Å²) in [7, 11) is 0. The molecule has 1 amide bonds. The molecule has 0 saturated carbocycles. The van der Waals surface area contributed by atoms with Crippen molar-refractivity contribution in [3.63, 3.8) is 0 Å². The average molecular weight is 390 g/mol. The highest BCUT2D eigenvalue weighted by Crippen LogP contribution is 2.24. The maximum absolute atomic E-state index is 14.1. The third-order valence-electron chi connectivity index (χ3n) is 4.69. The Kier molecular flexibility index (Phi) is 6.15. The number of nitrogens with one attached hydrogen (secondary N) is 1.